The Morgan fingerprint density at radius 2 is 2.29 bits per heavy atom. The van der Waals surface area contributed by atoms with Crippen LogP contribution in [0.5, 0.6) is 0 Å². The van der Waals surface area contributed by atoms with Crippen LogP contribution in [0.2, 0.25) is 0 Å². The van der Waals surface area contributed by atoms with Crippen LogP contribution in [0.25, 0.3) is 0 Å². The Morgan fingerprint density at radius 3 is 3.08 bits per heavy atom. The average molecular weight is 340 g/mol. The van der Waals surface area contributed by atoms with E-state index < -0.39 is 0 Å². The number of pyridine rings is 1. The van der Waals surface area contributed by atoms with Crippen molar-refractivity contribution in [3.05, 3.63) is 64.2 Å². The first-order valence-corrected chi connectivity index (χ1v) is 8.73. The summed E-state index contributed by atoms with van der Waals surface area (Å²) in [6.07, 6.45) is 3.15. The average Bonchev–Trinajstić information content (AvgIpc) is 3.37. The van der Waals surface area contributed by atoms with Crippen molar-refractivity contribution in [3.8, 4) is 0 Å². The van der Waals surface area contributed by atoms with Crippen molar-refractivity contribution in [3.63, 3.8) is 0 Å². The second-order valence-corrected chi connectivity index (χ2v) is 6.79. The Kier molecular flexibility index (Phi) is 4.08. The number of hydrogen-bond donors (Lipinski definition) is 0. The number of likely N-dealkylation sites (tertiary alicyclic amines) is 1. The van der Waals surface area contributed by atoms with E-state index in [0.717, 1.165) is 6.42 Å². The Morgan fingerprint density at radius 1 is 1.33 bits per heavy atom. The topological polar surface area (TPSA) is 72.1 Å². The van der Waals surface area contributed by atoms with Gasteiger partial charge in [0, 0.05) is 30.6 Å². The van der Waals surface area contributed by atoms with E-state index in [9.17, 15) is 4.79 Å². The predicted octanol–water partition coefficient (Wildman–Crippen LogP) is 2.75. The molecule has 7 heteroatoms. The molecule has 4 heterocycles. The van der Waals surface area contributed by atoms with Gasteiger partial charge in [0.05, 0.1) is 5.92 Å². The summed E-state index contributed by atoms with van der Waals surface area (Å²) in [4.78, 5) is 24.1. The summed E-state index contributed by atoms with van der Waals surface area (Å²) in [6, 6.07) is 9.43. The number of carbonyl (C=O) groups excluding carboxylic acids is 1. The molecule has 24 heavy (non-hydrogen) atoms. The van der Waals surface area contributed by atoms with Gasteiger partial charge in [-0.15, -0.1) is 11.3 Å². The van der Waals surface area contributed by atoms with Gasteiger partial charge in [0.2, 0.25) is 5.89 Å². The van der Waals surface area contributed by atoms with Crippen molar-refractivity contribution in [2.24, 2.45) is 0 Å². The molecule has 1 aliphatic rings. The fourth-order valence-electron chi connectivity index (χ4n) is 2.87. The molecule has 0 saturated carbocycles. The second kappa shape index (κ2) is 6.52. The number of aromatic nitrogens is 3. The molecule has 3 aromatic rings. The van der Waals surface area contributed by atoms with Crippen LogP contribution in [0, 0.1) is 0 Å². The SMILES string of the molecule is O=C(c1ccccn1)N1CCC(c2nc(Cc3cccs3)no2)C1. The Bertz CT molecular complexity index is 816. The highest BCUT2D eigenvalue weighted by Crippen LogP contribution is 2.27. The molecule has 3 aromatic heterocycles. The normalized spacial score (nSPS) is 17.3. The quantitative estimate of drug-likeness (QED) is 0.730. The van der Waals surface area contributed by atoms with Crippen molar-refractivity contribution >= 4 is 17.2 Å². The molecular formula is C17H16N4O2S. The first-order chi connectivity index (χ1) is 11.8. The fraction of sp³-hybridized carbons (Fsp3) is 0.294. The Labute approximate surface area is 143 Å². The number of nitrogens with zero attached hydrogens (tertiary/aromatic N) is 4. The fourth-order valence-corrected chi connectivity index (χ4v) is 3.57. The zero-order valence-corrected chi connectivity index (χ0v) is 13.8. The second-order valence-electron chi connectivity index (χ2n) is 5.76. The zero-order valence-electron chi connectivity index (χ0n) is 13.0. The van der Waals surface area contributed by atoms with Crippen LogP contribution < -0.4 is 0 Å². The van der Waals surface area contributed by atoms with Gasteiger partial charge in [-0.2, -0.15) is 4.98 Å². The van der Waals surface area contributed by atoms with Crippen LogP contribution in [-0.2, 0) is 6.42 Å². The van der Waals surface area contributed by atoms with Crippen molar-refractivity contribution in [1.82, 2.24) is 20.0 Å². The number of amides is 1. The van der Waals surface area contributed by atoms with E-state index >= 15 is 0 Å². The van der Waals surface area contributed by atoms with E-state index in [2.05, 4.69) is 21.2 Å². The summed E-state index contributed by atoms with van der Waals surface area (Å²) in [5.41, 5.74) is 0.474. The lowest BCUT2D eigenvalue weighted by molar-refractivity contribution is 0.0784. The van der Waals surface area contributed by atoms with Crippen LogP contribution in [0.1, 0.15) is 39.4 Å². The van der Waals surface area contributed by atoms with Gasteiger partial charge in [0.15, 0.2) is 5.82 Å². The van der Waals surface area contributed by atoms with Gasteiger partial charge in [0.25, 0.3) is 5.91 Å². The highest BCUT2D eigenvalue weighted by atomic mass is 32.1. The molecule has 0 aliphatic carbocycles. The smallest absolute Gasteiger partial charge is 0.272 e. The van der Waals surface area contributed by atoms with Crippen LogP contribution in [0.15, 0.2) is 46.4 Å². The number of hydrogen-bond acceptors (Lipinski definition) is 6. The molecule has 1 atom stereocenters. The van der Waals surface area contributed by atoms with Gasteiger partial charge in [-0.05, 0) is 30.0 Å². The maximum atomic E-state index is 12.4. The molecule has 1 saturated heterocycles. The monoisotopic (exact) mass is 340 g/mol. The molecule has 4 rings (SSSR count). The van der Waals surface area contributed by atoms with Crippen molar-refractivity contribution in [2.45, 2.75) is 18.8 Å². The first kappa shape index (κ1) is 15.0. The molecule has 0 aromatic carbocycles. The Balaban J connectivity index is 1.42. The van der Waals surface area contributed by atoms with Crippen molar-refractivity contribution in [2.75, 3.05) is 13.1 Å². The van der Waals surface area contributed by atoms with E-state index in [1.165, 1.54) is 4.88 Å². The third-order valence-corrected chi connectivity index (χ3v) is 4.98. The van der Waals surface area contributed by atoms with E-state index in [-0.39, 0.29) is 11.8 Å². The van der Waals surface area contributed by atoms with E-state index in [1.807, 2.05) is 17.5 Å². The predicted molar refractivity (Wildman–Crippen MR) is 88.9 cm³/mol. The lowest BCUT2D eigenvalue weighted by atomic mass is 10.1. The van der Waals surface area contributed by atoms with Gasteiger partial charge >= 0.3 is 0 Å². The molecule has 0 spiro atoms. The standard InChI is InChI=1S/C17H16N4O2S/c22-17(14-5-1-2-7-18-14)21-8-6-12(11-21)16-19-15(20-23-16)10-13-4-3-9-24-13/h1-5,7,9,12H,6,8,10-11H2. The first-order valence-electron chi connectivity index (χ1n) is 7.85. The summed E-state index contributed by atoms with van der Waals surface area (Å²) >= 11 is 1.68. The minimum Gasteiger partial charge on any atom is -0.339 e. The molecule has 1 aliphatic heterocycles. The summed E-state index contributed by atoms with van der Waals surface area (Å²) in [5, 5.41) is 6.10. The highest BCUT2D eigenvalue weighted by Gasteiger charge is 2.31. The molecule has 122 valence electrons. The number of rotatable bonds is 4. The largest absolute Gasteiger partial charge is 0.339 e. The van der Waals surface area contributed by atoms with Gasteiger partial charge in [0.1, 0.15) is 5.69 Å². The molecular weight excluding hydrogens is 324 g/mol. The maximum Gasteiger partial charge on any atom is 0.272 e. The summed E-state index contributed by atoms with van der Waals surface area (Å²) < 4.78 is 5.42. The van der Waals surface area contributed by atoms with Crippen LogP contribution >= 0.6 is 11.3 Å². The minimum atomic E-state index is -0.0450. The summed E-state index contributed by atoms with van der Waals surface area (Å²) in [6.45, 7) is 1.28. The van der Waals surface area contributed by atoms with Crippen molar-refractivity contribution in [1.29, 1.82) is 0 Å². The maximum absolute atomic E-state index is 12.4. The minimum absolute atomic E-state index is 0.0450. The van der Waals surface area contributed by atoms with Crippen LogP contribution in [0.4, 0.5) is 0 Å². The Hall–Kier alpha value is -2.54. The van der Waals surface area contributed by atoms with Gasteiger partial charge in [-0.1, -0.05) is 17.3 Å². The molecule has 1 unspecified atom stereocenters. The molecule has 6 nitrogen and oxygen atoms in total. The van der Waals surface area contributed by atoms with E-state index in [1.54, 1.807) is 34.6 Å². The third-order valence-electron chi connectivity index (χ3n) is 4.10. The van der Waals surface area contributed by atoms with E-state index in [0.29, 0.717) is 36.9 Å². The molecule has 0 bridgehead atoms. The zero-order chi connectivity index (χ0) is 16.4. The van der Waals surface area contributed by atoms with E-state index in [4.69, 9.17) is 4.52 Å². The number of carbonyl (C=O) groups is 1. The van der Waals surface area contributed by atoms with Gasteiger partial charge < -0.3 is 9.42 Å². The molecule has 1 amide bonds. The van der Waals surface area contributed by atoms with Crippen LogP contribution in [-0.4, -0.2) is 39.0 Å². The van der Waals surface area contributed by atoms with Crippen molar-refractivity contribution < 1.29 is 9.32 Å². The van der Waals surface area contributed by atoms with Gasteiger partial charge in [-0.3, -0.25) is 9.78 Å². The molecule has 0 N–H and O–H groups in total. The lowest BCUT2D eigenvalue weighted by Gasteiger charge is -2.14. The number of thiophene rings is 1. The highest BCUT2D eigenvalue weighted by molar-refractivity contribution is 7.09. The molecule has 0 radical (unpaired) electrons. The molecule has 1 fully saturated rings. The third kappa shape index (κ3) is 3.07. The lowest BCUT2D eigenvalue weighted by Crippen LogP contribution is -2.29. The van der Waals surface area contributed by atoms with Gasteiger partial charge in [-0.25, -0.2) is 0 Å². The van der Waals surface area contributed by atoms with Crippen LogP contribution in [0.3, 0.4) is 0 Å². The summed E-state index contributed by atoms with van der Waals surface area (Å²) in [5.74, 6) is 1.37. The summed E-state index contributed by atoms with van der Waals surface area (Å²) in [7, 11) is 0.